The summed E-state index contributed by atoms with van der Waals surface area (Å²) in [6.07, 6.45) is -11.0. The number of hydrogen-bond acceptors (Lipinski definition) is 26. The van der Waals surface area contributed by atoms with E-state index in [-0.39, 0.29) is 109 Å². The summed E-state index contributed by atoms with van der Waals surface area (Å²) in [5.41, 5.74) is 6.85. The average Bonchev–Trinajstić information content (AvgIpc) is 0.974. The van der Waals surface area contributed by atoms with E-state index in [0.717, 1.165) is 56.5 Å². The molecular weight excluding hydrogens is 1560 g/mol. The van der Waals surface area contributed by atoms with Gasteiger partial charge in [0.05, 0.1) is 31.3 Å². The first-order valence-corrected chi connectivity index (χ1v) is 36.7. The highest BCUT2D eigenvalue weighted by Gasteiger charge is 2.50. The highest BCUT2D eigenvalue weighted by atomic mass is 79.9. The molecule has 12 rings (SSSR count). The summed E-state index contributed by atoms with van der Waals surface area (Å²) in [5, 5.41) is 72.7. The first-order chi connectivity index (χ1) is 53.2. The van der Waals surface area contributed by atoms with E-state index in [2.05, 4.69) is 15.9 Å². The molecule has 15 unspecified atom stereocenters. The van der Waals surface area contributed by atoms with E-state index in [1.54, 1.807) is 59.5 Å². The number of esters is 4. The third kappa shape index (κ3) is 23.4. The third-order valence-corrected chi connectivity index (χ3v) is 19.7. The number of carbonyl (C=O) groups is 7. The number of ether oxygens (including phenoxy) is 9. The predicted molar refractivity (Wildman–Crippen MR) is 413 cm³/mol. The number of phenolic OH excluding ortho intramolecular Hbond substituents is 4. The number of halogens is 4. The molecular formula is C84H96BrF3O26. The van der Waals surface area contributed by atoms with Gasteiger partial charge in [0.15, 0.2) is 35.9 Å². The van der Waals surface area contributed by atoms with E-state index in [1.807, 2.05) is 72.8 Å². The summed E-state index contributed by atoms with van der Waals surface area (Å²) in [5.74, 6) is -5.54. The summed E-state index contributed by atoms with van der Waals surface area (Å²) in [6, 6.07) is 31.4. The Bertz CT molecular complexity index is 4780. The standard InChI is InChI=1S/C29H31FO9.C24H25FO8.C18H16O4.C11H16BrFO5.2CH4/c1-15-11-22(34)26(21(33)7-5-19-6-8-23-20(13-19)9-10-35-23)24(12-15)38-29-16(2)28(37-18(4)32)27(30)25(39-29)14-36-17(3)31;1-12-8-16(28)20(15(27)4-2-13-3-5-17-14(10-13)6-7-31-17)18(9-12)32-24-23(30)22(29)21(25)19(11-26)33-24;1-11-8-15(20)18(16(21)9-11)14(19)4-2-12-3-5-17-13(10-12)6-7-22-17;1-5-10(17-7(3)15)9(13)8(18-11(5)12)4-16-6(2)14;;/h6,8-13,16,25,27-29,34H,5,7,14H2,1-4H3;3,5-10,19,21-24,26,28-30H,2,4,11H2,1H3;3,5-10,20-21H,2,4H2,1H3;5,8-11H,4H2,1-3H3;2*1H4. The summed E-state index contributed by atoms with van der Waals surface area (Å²) in [7, 11) is 0. The van der Waals surface area contributed by atoms with Gasteiger partial charge in [-0.15, -0.1) is 0 Å². The van der Waals surface area contributed by atoms with E-state index in [4.69, 9.17) is 55.9 Å². The minimum atomic E-state index is -2.01. The smallest absolute Gasteiger partial charge is 0.303 e. The topological polar surface area (TPSA) is 384 Å². The molecule has 0 radical (unpaired) electrons. The van der Waals surface area contributed by atoms with Crippen molar-refractivity contribution in [3.63, 3.8) is 0 Å². The molecule has 30 heteroatoms. The van der Waals surface area contributed by atoms with Gasteiger partial charge in [0.1, 0.15) is 129 Å². The first-order valence-electron chi connectivity index (χ1n) is 35.8. The van der Waals surface area contributed by atoms with Gasteiger partial charge >= 0.3 is 23.9 Å². The molecule has 15 atom stereocenters. The lowest BCUT2D eigenvalue weighted by molar-refractivity contribution is -0.265. The zero-order valence-corrected chi connectivity index (χ0v) is 64.1. The molecule has 7 N–H and O–H groups in total. The van der Waals surface area contributed by atoms with Crippen LogP contribution in [0.1, 0.15) is 140 Å². The van der Waals surface area contributed by atoms with E-state index in [1.165, 1.54) is 51.1 Å². The number of rotatable bonds is 23. The second-order valence-corrected chi connectivity index (χ2v) is 28.4. The number of hydrogen-bond donors (Lipinski definition) is 7. The van der Waals surface area contributed by atoms with Crippen LogP contribution < -0.4 is 9.47 Å². The van der Waals surface area contributed by atoms with Gasteiger partial charge in [-0.3, -0.25) is 33.6 Å². The van der Waals surface area contributed by atoms with Crippen molar-refractivity contribution in [2.24, 2.45) is 11.8 Å². The van der Waals surface area contributed by atoms with Gasteiger partial charge in [-0.2, -0.15) is 0 Å². The lowest BCUT2D eigenvalue weighted by Crippen LogP contribution is -2.58. The highest BCUT2D eigenvalue weighted by Crippen LogP contribution is 2.40. The lowest BCUT2D eigenvalue weighted by Gasteiger charge is -2.41. The molecule has 9 aromatic rings. The van der Waals surface area contributed by atoms with Gasteiger partial charge < -0.3 is 91.6 Å². The van der Waals surface area contributed by atoms with Crippen molar-refractivity contribution in [3.8, 4) is 34.5 Å². The number of Topliss-reactive ketones (excluding diaryl/α,β-unsaturated/α-hetero) is 3. The van der Waals surface area contributed by atoms with Crippen LogP contribution >= 0.6 is 15.9 Å². The number of aromatic hydroxyl groups is 4. The van der Waals surface area contributed by atoms with Crippen molar-refractivity contribution >= 4 is 90.1 Å². The molecule has 3 aliphatic rings. The number of aryl methyl sites for hydroxylation is 6. The quantitative estimate of drug-likeness (QED) is 0.0135. The van der Waals surface area contributed by atoms with Crippen molar-refractivity contribution in [2.75, 3.05) is 19.8 Å². The molecule has 6 aromatic carbocycles. The van der Waals surface area contributed by atoms with Crippen molar-refractivity contribution < 1.29 is 138 Å². The van der Waals surface area contributed by atoms with E-state index < -0.39 is 128 Å². The Kier molecular flexibility index (Phi) is 32.8. The normalized spacial score (nSPS) is 22.9. The van der Waals surface area contributed by atoms with Crippen LogP contribution in [-0.2, 0) is 71.6 Å². The Morgan fingerprint density at radius 2 is 0.789 bits per heavy atom. The second kappa shape index (κ2) is 41.1. The number of benzene rings is 6. The van der Waals surface area contributed by atoms with Gasteiger partial charge in [0, 0.05) is 69.0 Å². The van der Waals surface area contributed by atoms with Crippen LogP contribution in [0, 0.1) is 32.6 Å². The summed E-state index contributed by atoms with van der Waals surface area (Å²) < 4.78 is 107. The second-order valence-electron chi connectivity index (χ2n) is 27.5. The number of furan rings is 3. The number of ketones is 3. The SMILES string of the molecule is C.C.CC(=O)OCC1OC(Br)C(C)C(OC(C)=O)C1F.CC(=O)OCC1OC(Oc2cc(C)cc(O)c2C(=O)CCc2ccc3occc3c2)C(C)C(OC(C)=O)C1F.Cc1cc(O)c(C(=O)CCc2ccc3occc3c2)c(O)c1.Cc1cc(O)c(C(=O)CCc2ccc3occc3c2)c(OC2OC(CO)C(F)C(O)C2O)c1. The van der Waals surface area contributed by atoms with Gasteiger partial charge in [0.2, 0.25) is 12.6 Å². The zero-order chi connectivity index (χ0) is 81.5. The molecule has 3 saturated heterocycles. The Labute approximate surface area is 664 Å². The number of phenols is 4. The molecule has 0 aliphatic carbocycles. The molecule has 0 bridgehead atoms. The van der Waals surface area contributed by atoms with Crippen LogP contribution in [0.5, 0.6) is 34.5 Å². The van der Waals surface area contributed by atoms with Gasteiger partial charge in [-0.25, -0.2) is 13.2 Å². The fourth-order valence-electron chi connectivity index (χ4n) is 12.9. The van der Waals surface area contributed by atoms with Crippen molar-refractivity contribution in [3.05, 3.63) is 178 Å². The van der Waals surface area contributed by atoms with Gasteiger partial charge in [0.25, 0.3) is 0 Å². The molecule has 114 heavy (non-hydrogen) atoms. The van der Waals surface area contributed by atoms with Crippen LogP contribution in [0.25, 0.3) is 32.9 Å². The fourth-order valence-corrected chi connectivity index (χ4v) is 13.4. The molecule has 26 nitrogen and oxygen atoms in total. The Balaban J connectivity index is 0.000000218. The zero-order valence-electron chi connectivity index (χ0n) is 62.5. The van der Waals surface area contributed by atoms with Crippen LogP contribution in [0.2, 0.25) is 0 Å². The van der Waals surface area contributed by atoms with E-state index in [0.29, 0.717) is 36.0 Å². The maximum Gasteiger partial charge on any atom is 0.303 e. The van der Waals surface area contributed by atoms with Crippen molar-refractivity contribution in [2.45, 2.75) is 195 Å². The van der Waals surface area contributed by atoms with Crippen molar-refractivity contribution in [1.82, 2.24) is 0 Å². The molecule has 0 spiro atoms. The lowest BCUT2D eigenvalue weighted by atomic mass is 9.93. The molecule has 616 valence electrons. The summed E-state index contributed by atoms with van der Waals surface area (Å²) in [6.45, 7) is 11.8. The van der Waals surface area contributed by atoms with Crippen molar-refractivity contribution in [1.29, 1.82) is 0 Å². The van der Waals surface area contributed by atoms with Gasteiger partial charge in [-0.05, 0) is 164 Å². The molecule has 6 heterocycles. The number of aliphatic hydroxyl groups excluding tert-OH is 3. The van der Waals surface area contributed by atoms with Gasteiger partial charge in [-0.1, -0.05) is 62.8 Å². The van der Waals surface area contributed by atoms with Crippen LogP contribution in [0.15, 0.2) is 141 Å². The minimum absolute atomic E-state index is 0. The monoisotopic (exact) mass is 1660 g/mol. The molecule has 0 saturated carbocycles. The number of aliphatic hydroxyl groups is 3. The van der Waals surface area contributed by atoms with Crippen LogP contribution in [0.4, 0.5) is 13.2 Å². The average molecular weight is 1660 g/mol. The maximum absolute atomic E-state index is 15.2. The number of carbonyl (C=O) groups excluding carboxylic acids is 7. The highest BCUT2D eigenvalue weighted by molar-refractivity contribution is 9.09. The number of alkyl halides is 4. The van der Waals surface area contributed by atoms with E-state index in [9.17, 15) is 78.1 Å². The van der Waals surface area contributed by atoms with Crippen LogP contribution in [-0.4, -0.2) is 176 Å². The Morgan fingerprint density at radius 3 is 1.18 bits per heavy atom. The molecule has 3 aromatic heterocycles. The Morgan fingerprint density at radius 1 is 0.439 bits per heavy atom. The minimum Gasteiger partial charge on any atom is -0.507 e. The maximum atomic E-state index is 15.2. The fraction of sp³-hybridized carbons (Fsp3) is 0.417. The largest absolute Gasteiger partial charge is 0.507 e. The molecule has 3 aliphatic heterocycles. The van der Waals surface area contributed by atoms with E-state index >= 15 is 4.39 Å². The number of fused-ring (bicyclic) bond motifs is 3. The third-order valence-electron chi connectivity index (χ3n) is 18.6. The summed E-state index contributed by atoms with van der Waals surface area (Å²) >= 11 is 3.24. The Hall–Kier alpha value is -10.3. The predicted octanol–water partition coefficient (Wildman–Crippen LogP) is 14.1. The summed E-state index contributed by atoms with van der Waals surface area (Å²) in [4.78, 5) is 83.3. The first kappa shape index (κ1) is 90.8. The van der Waals surface area contributed by atoms with Crippen LogP contribution in [0.3, 0.4) is 0 Å². The molecule has 0 amide bonds. The molecule has 3 fully saturated rings.